The van der Waals surface area contributed by atoms with Gasteiger partial charge in [-0.2, -0.15) is 0 Å². The van der Waals surface area contributed by atoms with Crippen LogP contribution in [0.5, 0.6) is 0 Å². The maximum Gasteiger partial charge on any atom is 0.326 e. The predicted molar refractivity (Wildman–Crippen MR) is 50.6 cm³/mol. The highest BCUT2D eigenvalue weighted by molar-refractivity contribution is 5.83. The number of carboxylic acid groups (broad SMARTS) is 1. The second-order valence-corrected chi connectivity index (χ2v) is 3.61. The molecule has 1 unspecified atom stereocenters. The molecule has 80 valence electrons. The summed E-state index contributed by atoms with van der Waals surface area (Å²) in [6.45, 7) is 0.453. The highest BCUT2D eigenvalue weighted by atomic mass is 16.4. The standard InChI is InChI=1S/C9H16N2O3/c10-5-1-2-7(12)11-8(9(13)14)6-3-4-6/h6,8H,1-5,10H2,(H,11,12)(H,13,14). The summed E-state index contributed by atoms with van der Waals surface area (Å²) in [6.07, 6.45) is 2.71. The van der Waals surface area contributed by atoms with Gasteiger partial charge in [-0.3, -0.25) is 4.79 Å². The molecule has 5 nitrogen and oxygen atoms in total. The van der Waals surface area contributed by atoms with Crippen LogP contribution in [0.25, 0.3) is 0 Å². The van der Waals surface area contributed by atoms with E-state index >= 15 is 0 Å². The van der Waals surface area contributed by atoms with E-state index in [1.165, 1.54) is 0 Å². The maximum absolute atomic E-state index is 11.2. The smallest absolute Gasteiger partial charge is 0.326 e. The van der Waals surface area contributed by atoms with Crippen molar-refractivity contribution in [1.82, 2.24) is 5.32 Å². The number of aliphatic carboxylic acids is 1. The van der Waals surface area contributed by atoms with Crippen molar-refractivity contribution in [2.75, 3.05) is 6.54 Å². The Hall–Kier alpha value is -1.10. The second-order valence-electron chi connectivity index (χ2n) is 3.61. The van der Waals surface area contributed by atoms with Crippen molar-refractivity contribution in [3.63, 3.8) is 0 Å². The highest BCUT2D eigenvalue weighted by Crippen LogP contribution is 2.32. The van der Waals surface area contributed by atoms with Crippen LogP contribution >= 0.6 is 0 Å². The molecule has 0 aliphatic heterocycles. The summed E-state index contributed by atoms with van der Waals surface area (Å²) in [6, 6.07) is -0.694. The maximum atomic E-state index is 11.2. The minimum Gasteiger partial charge on any atom is -0.480 e. The quantitative estimate of drug-likeness (QED) is 0.549. The Morgan fingerprint density at radius 2 is 2.14 bits per heavy atom. The number of nitrogens with two attached hydrogens (primary N) is 1. The van der Waals surface area contributed by atoms with E-state index in [-0.39, 0.29) is 11.8 Å². The zero-order chi connectivity index (χ0) is 10.6. The van der Waals surface area contributed by atoms with Gasteiger partial charge in [-0.15, -0.1) is 0 Å². The van der Waals surface area contributed by atoms with Crippen LogP contribution in [0.4, 0.5) is 0 Å². The molecule has 0 saturated heterocycles. The zero-order valence-electron chi connectivity index (χ0n) is 8.03. The van der Waals surface area contributed by atoms with Gasteiger partial charge >= 0.3 is 5.97 Å². The molecule has 0 heterocycles. The van der Waals surface area contributed by atoms with Crippen LogP contribution < -0.4 is 11.1 Å². The Kier molecular flexibility index (Phi) is 3.88. The minimum absolute atomic E-state index is 0.134. The number of hydrogen-bond acceptors (Lipinski definition) is 3. The van der Waals surface area contributed by atoms with Crippen molar-refractivity contribution >= 4 is 11.9 Å². The van der Waals surface area contributed by atoms with Crippen molar-refractivity contribution in [2.45, 2.75) is 31.7 Å². The third kappa shape index (κ3) is 3.33. The lowest BCUT2D eigenvalue weighted by Crippen LogP contribution is -2.42. The summed E-state index contributed by atoms with van der Waals surface area (Å²) in [5.41, 5.74) is 5.24. The topological polar surface area (TPSA) is 92.4 Å². The molecule has 1 atom stereocenters. The highest BCUT2D eigenvalue weighted by Gasteiger charge is 2.36. The molecule has 0 aromatic carbocycles. The second kappa shape index (κ2) is 4.95. The number of rotatable bonds is 6. The molecule has 0 radical (unpaired) electrons. The summed E-state index contributed by atoms with van der Waals surface area (Å²) in [5, 5.41) is 11.3. The van der Waals surface area contributed by atoms with Crippen LogP contribution in [0, 0.1) is 5.92 Å². The van der Waals surface area contributed by atoms with Crippen molar-refractivity contribution in [1.29, 1.82) is 0 Å². The molecule has 14 heavy (non-hydrogen) atoms. The Balaban J connectivity index is 2.31. The number of amides is 1. The molecule has 1 amide bonds. The molecule has 1 aliphatic carbocycles. The fourth-order valence-corrected chi connectivity index (χ4v) is 1.32. The molecule has 0 spiro atoms. The summed E-state index contributed by atoms with van der Waals surface area (Å²) in [7, 11) is 0. The molecule has 4 N–H and O–H groups in total. The van der Waals surface area contributed by atoms with Crippen LogP contribution in [0.1, 0.15) is 25.7 Å². The molecular weight excluding hydrogens is 184 g/mol. The van der Waals surface area contributed by atoms with Crippen LogP contribution in [0.3, 0.4) is 0 Å². The number of carbonyl (C=O) groups is 2. The fourth-order valence-electron chi connectivity index (χ4n) is 1.32. The fraction of sp³-hybridized carbons (Fsp3) is 0.778. The van der Waals surface area contributed by atoms with Gasteiger partial charge in [0.05, 0.1) is 0 Å². The number of nitrogens with one attached hydrogen (secondary N) is 1. The molecular formula is C9H16N2O3. The predicted octanol–water partition coefficient (Wildman–Crippen LogP) is -0.295. The van der Waals surface area contributed by atoms with E-state index in [1.54, 1.807) is 0 Å². The van der Waals surface area contributed by atoms with Crippen molar-refractivity contribution < 1.29 is 14.7 Å². The SMILES string of the molecule is NCCCC(=O)NC(C(=O)O)C1CC1. The van der Waals surface area contributed by atoms with Gasteiger partial charge in [-0.05, 0) is 31.7 Å². The van der Waals surface area contributed by atoms with Crippen LogP contribution in [0.15, 0.2) is 0 Å². The molecule has 0 aromatic rings. The van der Waals surface area contributed by atoms with Crippen molar-refractivity contribution in [3.05, 3.63) is 0 Å². The van der Waals surface area contributed by atoms with Gasteiger partial charge in [-0.1, -0.05) is 0 Å². The Labute approximate surface area is 82.7 Å². The van der Waals surface area contributed by atoms with E-state index in [2.05, 4.69) is 5.32 Å². The molecule has 0 aromatic heterocycles. The number of hydrogen-bond donors (Lipinski definition) is 3. The first kappa shape index (κ1) is 11.0. The normalized spacial score (nSPS) is 17.5. The third-order valence-corrected chi connectivity index (χ3v) is 2.28. The van der Waals surface area contributed by atoms with Gasteiger partial charge in [0.2, 0.25) is 5.91 Å². The summed E-state index contributed by atoms with van der Waals surface area (Å²) >= 11 is 0. The van der Waals surface area contributed by atoms with E-state index in [9.17, 15) is 9.59 Å². The summed E-state index contributed by atoms with van der Waals surface area (Å²) < 4.78 is 0. The minimum atomic E-state index is -0.936. The molecule has 5 heteroatoms. The Bertz CT molecular complexity index is 226. The van der Waals surface area contributed by atoms with Gasteiger partial charge in [-0.25, -0.2) is 4.79 Å². The van der Waals surface area contributed by atoms with Crippen molar-refractivity contribution in [2.24, 2.45) is 11.7 Å². The Morgan fingerprint density at radius 3 is 2.57 bits per heavy atom. The van der Waals surface area contributed by atoms with E-state index in [0.29, 0.717) is 19.4 Å². The number of carbonyl (C=O) groups excluding carboxylic acids is 1. The van der Waals surface area contributed by atoms with Crippen LogP contribution in [-0.2, 0) is 9.59 Å². The zero-order valence-corrected chi connectivity index (χ0v) is 8.03. The van der Waals surface area contributed by atoms with Crippen LogP contribution in [-0.4, -0.2) is 29.6 Å². The molecule has 1 aliphatic rings. The average molecular weight is 200 g/mol. The summed E-state index contributed by atoms with van der Waals surface area (Å²) in [5.74, 6) is -1.02. The van der Waals surface area contributed by atoms with Gasteiger partial charge in [0.1, 0.15) is 6.04 Å². The van der Waals surface area contributed by atoms with E-state index in [1.807, 2.05) is 0 Å². The molecule has 1 rings (SSSR count). The van der Waals surface area contributed by atoms with Gasteiger partial charge in [0.15, 0.2) is 0 Å². The third-order valence-electron chi connectivity index (χ3n) is 2.28. The molecule has 0 bridgehead atoms. The van der Waals surface area contributed by atoms with Crippen molar-refractivity contribution in [3.8, 4) is 0 Å². The largest absolute Gasteiger partial charge is 0.480 e. The van der Waals surface area contributed by atoms with Gasteiger partial charge in [0.25, 0.3) is 0 Å². The van der Waals surface area contributed by atoms with Gasteiger partial charge < -0.3 is 16.2 Å². The molecule has 1 fully saturated rings. The first-order valence-corrected chi connectivity index (χ1v) is 4.87. The lowest BCUT2D eigenvalue weighted by molar-refractivity contribution is -0.142. The van der Waals surface area contributed by atoms with E-state index in [0.717, 1.165) is 12.8 Å². The lowest BCUT2D eigenvalue weighted by atomic mass is 10.2. The first-order chi connectivity index (χ1) is 6.65. The first-order valence-electron chi connectivity index (χ1n) is 4.87. The molecule has 1 saturated carbocycles. The average Bonchev–Trinajstić information content (AvgIpc) is 2.93. The van der Waals surface area contributed by atoms with Gasteiger partial charge in [0, 0.05) is 6.42 Å². The van der Waals surface area contributed by atoms with E-state index < -0.39 is 12.0 Å². The Morgan fingerprint density at radius 1 is 1.50 bits per heavy atom. The number of carboxylic acids is 1. The monoisotopic (exact) mass is 200 g/mol. The van der Waals surface area contributed by atoms with Crippen LogP contribution in [0.2, 0.25) is 0 Å². The lowest BCUT2D eigenvalue weighted by Gasteiger charge is -2.12. The van der Waals surface area contributed by atoms with E-state index in [4.69, 9.17) is 10.8 Å². The summed E-state index contributed by atoms with van der Waals surface area (Å²) in [4.78, 5) is 22.0.